The summed E-state index contributed by atoms with van der Waals surface area (Å²) in [4.78, 5) is 0. The molecule has 0 aliphatic rings. The van der Waals surface area contributed by atoms with Gasteiger partial charge in [-0.15, -0.1) is 0 Å². The van der Waals surface area contributed by atoms with Crippen LogP contribution in [0.2, 0.25) is 0 Å². The van der Waals surface area contributed by atoms with Crippen molar-refractivity contribution in [3.63, 3.8) is 0 Å². The monoisotopic (exact) mass is 222 g/mol. The van der Waals surface area contributed by atoms with Crippen LogP contribution >= 0.6 is 0 Å². The molecule has 1 nitrogen and oxygen atoms in total. The zero-order valence-corrected chi connectivity index (χ0v) is 10.2. The quantitative estimate of drug-likeness (QED) is 0.664. The minimum Gasteiger partial charge on any atom is -0.325 e. The van der Waals surface area contributed by atoms with Gasteiger partial charge in [-0.25, -0.2) is 0 Å². The molecule has 17 heavy (non-hydrogen) atoms. The van der Waals surface area contributed by atoms with E-state index in [4.69, 9.17) is 0 Å². The molecule has 1 heteroatoms. The molecule has 0 atom stereocenters. The van der Waals surface area contributed by atoms with Gasteiger partial charge >= 0.3 is 0 Å². The molecule has 0 heterocycles. The van der Waals surface area contributed by atoms with Gasteiger partial charge in [0.25, 0.3) is 0 Å². The smallest absolute Gasteiger partial charge is 0.133 e. The summed E-state index contributed by atoms with van der Waals surface area (Å²) in [6.07, 6.45) is 0. The first-order valence-electron chi connectivity index (χ1n) is 5.67. The molecule has 0 aromatic heterocycles. The molecule has 2 rings (SSSR count). The van der Waals surface area contributed by atoms with Crippen LogP contribution < -0.4 is 5.73 Å². The van der Waals surface area contributed by atoms with E-state index in [1.807, 2.05) is 30.3 Å². The van der Waals surface area contributed by atoms with Gasteiger partial charge in [0.05, 0.1) is 0 Å². The highest BCUT2D eigenvalue weighted by Crippen LogP contribution is 2.16. The van der Waals surface area contributed by atoms with E-state index in [1.54, 1.807) is 0 Å². The first kappa shape index (κ1) is 11.4. The zero-order valence-electron chi connectivity index (χ0n) is 10.2. The third-order valence-corrected chi connectivity index (χ3v) is 2.82. The van der Waals surface area contributed by atoms with Crippen LogP contribution in [0.15, 0.2) is 42.5 Å². The van der Waals surface area contributed by atoms with Crippen molar-refractivity contribution in [2.75, 3.05) is 0 Å². The fourth-order valence-corrected chi connectivity index (χ4v) is 1.73. The Hall–Kier alpha value is -2.04. The van der Waals surface area contributed by atoms with Gasteiger partial charge in [-0.05, 0) is 38.1 Å². The molecule has 3 N–H and O–H groups in total. The van der Waals surface area contributed by atoms with Crippen molar-refractivity contribution in [1.29, 1.82) is 0 Å². The molecule has 0 saturated heterocycles. The minimum atomic E-state index is 1.04. The Morgan fingerprint density at radius 2 is 1.35 bits per heavy atom. The van der Waals surface area contributed by atoms with Gasteiger partial charge in [0.2, 0.25) is 0 Å². The Morgan fingerprint density at radius 1 is 0.824 bits per heavy atom. The molecule has 0 spiro atoms. The van der Waals surface area contributed by atoms with Gasteiger partial charge in [-0.3, -0.25) is 0 Å². The molecule has 84 valence electrons. The van der Waals surface area contributed by atoms with Gasteiger partial charge < -0.3 is 5.73 Å². The SMILES string of the molecule is Cc1cc(C#Cc2ccccc2)cc(C)c1[NH3+]. The highest BCUT2D eigenvalue weighted by Gasteiger charge is 2.02. The summed E-state index contributed by atoms with van der Waals surface area (Å²) in [6.45, 7) is 4.14. The molecular formula is C16H16N+. The summed E-state index contributed by atoms with van der Waals surface area (Å²) < 4.78 is 0. The number of rotatable bonds is 0. The van der Waals surface area contributed by atoms with Crippen LogP contribution in [0.3, 0.4) is 0 Å². The maximum atomic E-state index is 4.03. The highest BCUT2D eigenvalue weighted by molar-refractivity contribution is 5.53. The summed E-state index contributed by atoms with van der Waals surface area (Å²) in [5.41, 5.74) is 9.63. The second-order valence-electron chi connectivity index (χ2n) is 4.20. The van der Waals surface area contributed by atoms with E-state index in [1.165, 1.54) is 11.1 Å². The maximum Gasteiger partial charge on any atom is 0.133 e. The van der Waals surface area contributed by atoms with E-state index in [2.05, 4.69) is 43.6 Å². The van der Waals surface area contributed by atoms with Crippen LogP contribution in [0.5, 0.6) is 0 Å². The molecule has 0 aliphatic heterocycles. The van der Waals surface area contributed by atoms with Crippen LogP contribution in [0.1, 0.15) is 22.3 Å². The van der Waals surface area contributed by atoms with E-state index in [9.17, 15) is 0 Å². The van der Waals surface area contributed by atoms with Gasteiger partial charge in [0, 0.05) is 22.3 Å². The number of hydrogen-bond acceptors (Lipinski definition) is 0. The predicted molar refractivity (Wildman–Crippen MR) is 70.9 cm³/mol. The lowest BCUT2D eigenvalue weighted by Gasteiger charge is -2.01. The summed E-state index contributed by atoms with van der Waals surface area (Å²) in [5.74, 6) is 6.36. The van der Waals surface area contributed by atoms with Gasteiger partial charge in [-0.1, -0.05) is 30.0 Å². The molecule has 0 saturated carbocycles. The second-order valence-corrected chi connectivity index (χ2v) is 4.20. The number of aryl methyl sites for hydroxylation is 2. The van der Waals surface area contributed by atoms with Crippen molar-refractivity contribution in [3.05, 3.63) is 64.7 Å². The van der Waals surface area contributed by atoms with Gasteiger partial charge in [0.15, 0.2) is 0 Å². The minimum absolute atomic E-state index is 1.04. The molecule has 2 aromatic rings. The summed E-state index contributed by atoms with van der Waals surface area (Å²) >= 11 is 0. The van der Waals surface area contributed by atoms with Gasteiger partial charge in [-0.2, -0.15) is 0 Å². The van der Waals surface area contributed by atoms with Crippen LogP contribution in [0, 0.1) is 25.7 Å². The lowest BCUT2D eigenvalue weighted by Crippen LogP contribution is -2.42. The fraction of sp³-hybridized carbons (Fsp3) is 0.125. The third kappa shape index (κ3) is 2.75. The maximum absolute atomic E-state index is 4.03. The molecule has 0 aliphatic carbocycles. The normalized spacial score (nSPS) is 9.59. The van der Waals surface area contributed by atoms with Crippen molar-refractivity contribution in [2.45, 2.75) is 13.8 Å². The van der Waals surface area contributed by atoms with Crippen LogP contribution in [0.25, 0.3) is 0 Å². The molecule has 0 amide bonds. The van der Waals surface area contributed by atoms with E-state index in [0.717, 1.165) is 16.8 Å². The largest absolute Gasteiger partial charge is 0.325 e. The first-order chi connectivity index (χ1) is 8.16. The van der Waals surface area contributed by atoms with Crippen LogP contribution in [0.4, 0.5) is 5.69 Å². The molecule has 0 unspecified atom stereocenters. The predicted octanol–water partition coefficient (Wildman–Crippen LogP) is 2.58. The molecular weight excluding hydrogens is 206 g/mol. The van der Waals surface area contributed by atoms with E-state index in [0.29, 0.717) is 0 Å². The topological polar surface area (TPSA) is 27.6 Å². The summed E-state index contributed by atoms with van der Waals surface area (Å²) in [6, 6.07) is 14.2. The number of quaternary nitrogens is 1. The van der Waals surface area contributed by atoms with E-state index < -0.39 is 0 Å². The lowest BCUT2D eigenvalue weighted by atomic mass is 10.0. The number of hydrogen-bond donors (Lipinski definition) is 1. The van der Waals surface area contributed by atoms with Crippen molar-refractivity contribution >= 4 is 5.69 Å². The second kappa shape index (κ2) is 4.86. The van der Waals surface area contributed by atoms with Crippen molar-refractivity contribution < 1.29 is 5.73 Å². The first-order valence-corrected chi connectivity index (χ1v) is 5.67. The van der Waals surface area contributed by atoms with Crippen LogP contribution in [-0.4, -0.2) is 0 Å². The lowest BCUT2D eigenvalue weighted by molar-refractivity contribution is -0.256. The van der Waals surface area contributed by atoms with E-state index >= 15 is 0 Å². The average molecular weight is 222 g/mol. The van der Waals surface area contributed by atoms with Crippen molar-refractivity contribution in [3.8, 4) is 11.8 Å². The van der Waals surface area contributed by atoms with Gasteiger partial charge in [0.1, 0.15) is 5.69 Å². The Labute approximate surface area is 102 Å². The average Bonchev–Trinajstić information content (AvgIpc) is 2.34. The van der Waals surface area contributed by atoms with Crippen molar-refractivity contribution in [2.24, 2.45) is 0 Å². The third-order valence-electron chi connectivity index (χ3n) is 2.82. The van der Waals surface area contributed by atoms with Crippen LogP contribution in [-0.2, 0) is 0 Å². The molecule has 0 bridgehead atoms. The Bertz CT molecular complexity index is 563. The summed E-state index contributed by atoms with van der Waals surface area (Å²) in [7, 11) is 0. The molecule has 0 radical (unpaired) electrons. The Kier molecular flexibility index (Phi) is 3.27. The van der Waals surface area contributed by atoms with Crippen molar-refractivity contribution in [1.82, 2.24) is 0 Å². The summed E-state index contributed by atoms with van der Waals surface area (Å²) in [5, 5.41) is 0. The highest BCUT2D eigenvalue weighted by atomic mass is 14.6. The molecule has 2 aromatic carbocycles. The number of benzene rings is 2. The Balaban J connectivity index is 2.35. The Morgan fingerprint density at radius 3 is 1.94 bits per heavy atom. The zero-order chi connectivity index (χ0) is 12.3. The van der Waals surface area contributed by atoms with E-state index in [-0.39, 0.29) is 0 Å². The molecule has 0 fully saturated rings. The standard InChI is InChI=1S/C16H15N/c1-12-10-15(11-13(2)16(12)17)9-8-14-6-4-3-5-7-14/h3-7,10-11H,17H2,1-2H3/p+1. The fourth-order valence-electron chi connectivity index (χ4n) is 1.73.